The van der Waals surface area contributed by atoms with E-state index >= 15 is 0 Å². The molecule has 1 amide bonds. The molecule has 1 aliphatic heterocycles. The molecule has 3 rings (SSSR count). The normalized spacial score (nSPS) is 20.8. The summed E-state index contributed by atoms with van der Waals surface area (Å²) in [6, 6.07) is 3.49. The highest BCUT2D eigenvalue weighted by Crippen LogP contribution is 2.22. The van der Waals surface area contributed by atoms with E-state index in [1.165, 1.54) is 0 Å². The molecule has 0 radical (unpaired) electrons. The zero-order valence-corrected chi connectivity index (χ0v) is 14.8. The highest BCUT2D eigenvalue weighted by atomic mass is 16.3. The van der Waals surface area contributed by atoms with Gasteiger partial charge in [0, 0.05) is 50.2 Å². The molecule has 0 aliphatic carbocycles. The van der Waals surface area contributed by atoms with E-state index in [-0.39, 0.29) is 18.0 Å². The van der Waals surface area contributed by atoms with Gasteiger partial charge in [-0.3, -0.25) is 9.69 Å². The van der Waals surface area contributed by atoms with Crippen molar-refractivity contribution in [3.05, 3.63) is 36.4 Å². The second-order valence-corrected chi connectivity index (χ2v) is 6.34. The Morgan fingerprint density at radius 3 is 2.68 bits per heavy atom. The Morgan fingerprint density at radius 1 is 1.36 bits per heavy atom. The number of furan rings is 1. The maximum Gasteiger partial charge on any atom is 0.239 e. The summed E-state index contributed by atoms with van der Waals surface area (Å²) in [7, 11) is 0. The first-order chi connectivity index (χ1) is 12.1. The molecule has 0 saturated carbocycles. The van der Waals surface area contributed by atoms with Crippen LogP contribution in [0.15, 0.2) is 35.2 Å². The van der Waals surface area contributed by atoms with Crippen molar-refractivity contribution in [1.82, 2.24) is 19.8 Å². The van der Waals surface area contributed by atoms with E-state index in [0.29, 0.717) is 31.1 Å². The van der Waals surface area contributed by atoms with Crippen molar-refractivity contribution in [2.45, 2.75) is 38.9 Å². The first kappa shape index (κ1) is 17.6. The predicted octanol–water partition coefficient (Wildman–Crippen LogP) is 1.51. The number of likely N-dealkylation sites (N-methyl/N-ethyl adjacent to an activating group) is 1. The summed E-state index contributed by atoms with van der Waals surface area (Å²) in [6.07, 6.45) is 5.86. The van der Waals surface area contributed by atoms with Crippen LogP contribution in [0.1, 0.15) is 25.8 Å². The van der Waals surface area contributed by atoms with Crippen LogP contribution in [0, 0.1) is 0 Å². The van der Waals surface area contributed by atoms with Crippen LogP contribution in [-0.4, -0.2) is 57.4 Å². The summed E-state index contributed by atoms with van der Waals surface area (Å²) in [5, 5.41) is 0. The topological polar surface area (TPSA) is 88.5 Å². The van der Waals surface area contributed by atoms with Crippen molar-refractivity contribution >= 4 is 5.91 Å². The van der Waals surface area contributed by atoms with Crippen LogP contribution in [0.3, 0.4) is 0 Å². The maximum atomic E-state index is 12.7. The van der Waals surface area contributed by atoms with Gasteiger partial charge in [0.2, 0.25) is 5.91 Å². The zero-order chi connectivity index (χ0) is 17.8. The number of hydrogen-bond acceptors (Lipinski definition) is 6. The quantitative estimate of drug-likeness (QED) is 0.855. The number of hydrogen-bond donors (Lipinski definition) is 1. The van der Waals surface area contributed by atoms with Gasteiger partial charge in [0.05, 0.1) is 12.3 Å². The summed E-state index contributed by atoms with van der Waals surface area (Å²) in [5.41, 5.74) is 7.08. The molecule has 2 aromatic heterocycles. The summed E-state index contributed by atoms with van der Waals surface area (Å²) >= 11 is 0. The number of carbonyl (C=O) groups is 1. The Kier molecular flexibility index (Phi) is 5.45. The van der Waals surface area contributed by atoms with Crippen LogP contribution in [0.4, 0.5) is 0 Å². The molecule has 2 aromatic rings. The largest absolute Gasteiger partial charge is 0.461 e. The summed E-state index contributed by atoms with van der Waals surface area (Å²) in [6.45, 7) is 6.76. The van der Waals surface area contributed by atoms with E-state index in [0.717, 1.165) is 18.7 Å². The van der Waals surface area contributed by atoms with Gasteiger partial charge in [0.1, 0.15) is 0 Å². The second kappa shape index (κ2) is 7.76. The molecule has 2 N–H and O–H groups in total. The third-order valence-electron chi connectivity index (χ3n) is 4.63. The number of likely N-dealkylation sites (tertiary alicyclic amines) is 1. The number of rotatable bonds is 6. The molecule has 1 saturated heterocycles. The standard InChI is InChI=1S/C18H25N5O2/c1-3-22(4-2)18(24)15-8-14(19)12-23(15)11-13-9-20-17(21-10-13)16-6-5-7-25-16/h5-7,9-10,14-15H,3-4,8,11-12,19H2,1-2H3/t14-,15-/m0/s1. The SMILES string of the molecule is CCN(CC)C(=O)[C@@H]1C[C@H](N)CN1Cc1cnc(-c2ccco2)nc1. The van der Waals surface area contributed by atoms with Crippen molar-refractivity contribution < 1.29 is 9.21 Å². The van der Waals surface area contributed by atoms with Gasteiger partial charge in [-0.15, -0.1) is 0 Å². The Morgan fingerprint density at radius 2 is 2.08 bits per heavy atom. The molecule has 0 spiro atoms. The lowest BCUT2D eigenvalue weighted by molar-refractivity contribution is -0.135. The lowest BCUT2D eigenvalue weighted by Crippen LogP contribution is -2.45. The molecule has 0 bridgehead atoms. The third-order valence-corrected chi connectivity index (χ3v) is 4.63. The van der Waals surface area contributed by atoms with Crippen molar-refractivity contribution in [3.63, 3.8) is 0 Å². The lowest BCUT2D eigenvalue weighted by Gasteiger charge is -2.28. The highest BCUT2D eigenvalue weighted by Gasteiger charge is 2.36. The zero-order valence-electron chi connectivity index (χ0n) is 14.8. The van der Waals surface area contributed by atoms with Gasteiger partial charge in [-0.2, -0.15) is 0 Å². The molecule has 7 nitrogen and oxygen atoms in total. The monoisotopic (exact) mass is 343 g/mol. The number of nitrogens with two attached hydrogens (primary N) is 1. The molecule has 7 heteroatoms. The van der Waals surface area contributed by atoms with Crippen LogP contribution >= 0.6 is 0 Å². The van der Waals surface area contributed by atoms with Gasteiger partial charge in [-0.1, -0.05) is 0 Å². The molecule has 25 heavy (non-hydrogen) atoms. The molecule has 0 unspecified atom stereocenters. The van der Waals surface area contributed by atoms with Crippen molar-refractivity contribution in [2.75, 3.05) is 19.6 Å². The maximum absolute atomic E-state index is 12.7. The van der Waals surface area contributed by atoms with Crippen LogP contribution < -0.4 is 5.73 Å². The fraction of sp³-hybridized carbons (Fsp3) is 0.500. The lowest BCUT2D eigenvalue weighted by atomic mass is 10.1. The van der Waals surface area contributed by atoms with Gasteiger partial charge in [0.25, 0.3) is 0 Å². The first-order valence-electron chi connectivity index (χ1n) is 8.75. The molecule has 1 fully saturated rings. The van der Waals surface area contributed by atoms with E-state index in [2.05, 4.69) is 14.9 Å². The van der Waals surface area contributed by atoms with E-state index < -0.39 is 0 Å². The smallest absolute Gasteiger partial charge is 0.239 e. The molecular weight excluding hydrogens is 318 g/mol. The molecule has 0 aromatic carbocycles. The van der Waals surface area contributed by atoms with Crippen LogP contribution in [0.25, 0.3) is 11.6 Å². The van der Waals surface area contributed by atoms with E-state index in [1.807, 2.05) is 30.9 Å². The first-order valence-corrected chi connectivity index (χ1v) is 8.75. The number of carbonyl (C=O) groups excluding carboxylic acids is 1. The Bertz CT molecular complexity index is 682. The van der Waals surface area contributed by atoms with Crippen molar-refractivity contribution in [1.29, 1.82) is 0 Å². The van der Waals surface area contributed by atoms with Gasteiger partial charge >= 0.3 is 0 Å². The minimum Gasteiger partial charge on any atom is -0.461 e. The van der Waals surface area contributed by atoms with E-state index in [1.54, 1.807) is 18.7 Å². The minimum atomic E-state index is -0.167. The summed E-state index contributed by atoms with van der Waals surface area (Å²) < 4.78 is 5.30. The predicted molar refractivity (Wildman–Crippen MR) is 94.5 cm³/mol. The summed E-state index contributed by atoms with van der Waals surface area (Å²) in [5.74, 6) is 1.36. The second-order valence-electron chi connectivity index (χ2n) is 6.34. The van der Waals surface area contributed by atoms with Crippen molar-refractivity contribution in [3.8, 4) is 11.6 Å². The Hall–Kier alpha value is -2.25. The van der Waals surface area contributed by atoms with Gasteiger partial charge in [-0.05, 0) is 32.4 Å². The number of amides is 1. The molecule has 2 atom stereocenters. The van der Waals surface area contributed by atoms with Crippen LogP contribution in [0.5, 0.6) is 0 Å². The average molecular weight is 343 g/mol. The van der Waals surface area contributed by atoms with Crippen LogP contribution in [0.2, 0.25) is 0 Å². The Balaban J connectivity index is 1.71. The molecule has 134 valence electrons. The fourth-order valence-electron chi connectivity index (χ4n) is 3.32. The molecule has 1 aliphatic rings. The fourth-order valence-corrected chi connectivity index (χ4v) is 3.32. The summed E-state index contributed by atoms with van der Waals surface area (Å²) in [4.78, 5) is 25.5. The Labute approximate surface area is 147 Å². The minimum absolute atomic E-state index is 0.0211. The van der Waals surface area contributed by atoms with Crippen LogP contribution in [-0.2, 0) is 11.3 Å². The van der Waals surface area contributed by atoms with Gasteiger partial charge in [0.15, 0.2) is 11.6 Å². The highest BCUT2D eigenvalue weighted by molar-refractivity contribution is 5.82. The molecular formula is C18H25N5O2. The number of aromatic nitrogens is 2. The van der Waals surface area contributed by atoms with Crippen molar-refractivity contribution in [2.24, 2.45) is 5.73 Å². The van der Waals surface area contributed by atoms with E-state index in [4.69, 9.17) is 10.2 Å². The average Bonchev–Trinajstić information content (AvgIpc) is 3.26. The number of nitrogens with zero attached hydrogens (tertiary/aromatic N) is 4. The van der Waals surface area contributed by atoms with E-state index in [9.17, 15) is 4.79 Å². The van der Waals surface area contributed by atoms with Gasteiger partial charge in [-0.25, -0.2) is 9.97 Å². The van der Waals surface area contributed by atoms with Gasteiger partial charge < -0.3 is 15.1 Å². The third kappa shape index (κ3) is 3.88. The molecule has 3 heterocycles.